The number of hydrogen-bond donors (Lipinski definition) is 2. The van der Waals surface area contributed by atoms with E-state index in [9.17, 15) is 4.79 Å². The Morgan fingerprint density at radius 3 is 2.29 bits per heavy atom. The van der Waals surface area contributed by atoms with Crippen LogP contribution in [0, 0.1) is 13.8 Å². The molecule has 0 spiro atoms. The van der Waals surface area contributed by atoms with E-state index in [0.29, 0.717) is 11.4 Å². The van der Waals surface area contributed by atoms with Crippen LogP contribution in [0.5, 0.6) is 0 Å². The van der Waals surface area contributed by atoms with Crippen molar-refractivity contribution in [1.82, 2.24) is 10.3 Å². The molecule has 4 nitrogen and oxygen atoms in total. The van der Waals surface area contributed by atoms with Gasteiger partial charge in [-0.3, -0.25) is 4.79 Å². The average Bonchev–Trinajstić information content (AvgIpc) is 2.45. The highest BCUT2D eigenvalue weighted by molar-refractivity contribution is 7.13. The second-order valence-corrected chi connectivity index (χ2v) is 5.39. The molecule has 0 atom stereocenters. The number of amides is 1. The van der Waals surface area contributed by atoms with Crippen LogP contribution in [0.3, 0.4) is 0 Å². The Morgan fingerprint density at radius 1 is 1.41 bits per heavy atom. The summed E-state index contributed by atoms with van der Waals surface area (Å²) >= 11 is 1.41. The third-order valence-electron chi connectivity index (χ3n) is 2.07. The molecule has 0 aliphatic carbocycles. The number of hydrogen-bond acceptors (Lipinski definition) is 4. The number of nitrogens with zero attached hydrogens (tertiary/aromatic N) is 1. The predicted octanol–water partition coefficient (Wildman–Crippen LogP) is 2.07. The fraction of sp³-hybridized carbons (Fsp3) is 0.600. The lowest BCUT2D eigenvalue weighted by atomic mass is 10.1. The molecule has 1 amide bonds. The van der Waals surface area contributed by atoms with Crippen molar-refractivity contribution in [2.45, 2.75) is 33.2 Å². The second kappa shape index (κ2) is 7.16. The van der Waals surface area contributed by atoms with Gasteiger partial charge in [-0.25, -0.2) is 4.98 Å². The minimum atomic E-state index is -0.374. The molecule has 17 heavy (non-hydrogen) atoms. The van der Waals surface area contributed by atoms with Crippen molar-refractivity contribution >= 4 is 42.1 Å². The Labute approximate surface area is 118 Å². The first-order valence-electron chi connectivity index (χ1n) is 4.82. The quantitative estimate of drug-likeness (QED) is 0.898. The Bertz CT molecular complexity index is 380. The molecule has 1 aromatic rings. The summed E-state index contributed by atoms with van der Waals surface area (Å²) in [5.74, 6) is -0.0893. The van der Waals surface area contributed by atoms with Crippen LogP contribution < -0.4 is 11.1 Å². The van der Waals surface area contributed by atoms with E-state index in [1.807, 2.05) is 27.7 Å². The Balaban J connectivity index is 0. The van der Waals surface area contributed by atoms with Crippen LogP contribution in [0.15, 0.2) is 0 Å². The first-order chi connectivity index (χ1) is 6.85. The zero-order valence-electron chi connectivity index (χ0n) is 10.4. The van der Waals surface area contributed by atoms with Crippen molar-refractivity contribution in [3.05, 3.63) is 15.6 Å². The molecular formula is C10H19Cl2N3OS. The minimum Gasteiger partial charge on any atom is -0.345 e. The third-order valence-corrected chi connectivity index (χ3v) is 3.14. The maximum atomic E-state index is 11.9. The highest BCUT2D eigenvalue weighted by atomic mass is 35.5. The van der Waals surface area contributed by atoms with Crippen LogP contribution in [-0.2, 0) is 0 Å². The van der Waals surface area contributed by atoms with E-state index in [4.69, 9.17) is 5.73 Å². The van der Waals surface area contributed by atoms with Gasteiger partial charge in [-0.15, -0.1) is 36.2 Å². The molecule has 0 aromatic carbocycles. The monoisotopic (exact) mass is 299 g/mol. The predicted molar refractivity (Wildman–Crippen MR) is 76.7 cm³/mol. The molecule has 0 aliphatic heterocycles. The summed E-state index contributed by atoms with van der Waals surface area (Å²) < 4.78 is 0. The number of rotatable bonds is 3. The van der Waals surface area contributed by atoms with E-state index < -0.39 is 0 Å². The maximum Gasteiger partial charge on any atom is 0.263 e. The Kier molecular flexibility index (Phi) is 8.00. The van der Waals surface area contributed by atoms with Gasteiger partial charge >= 0.3 is 0 Å². The van der Waals surface area contributed by atoms with Crippen LogP contribution in [0.25, 0.3) is 0 Å². The van der Waals surface area contributed by atoms with Gasteiger partial charge in [0.2, 0.25) is 0 Å². The summed E-state index contributed by atoms with van der Waals surface area (Å²) in [5, 5.41) is 3.79. The minimum absolute atomic E-state index is 0. The van der Waals surface area contributed by atoms with E-state index in [2.05, 4.69) is 10.3 Å². The van der Waals surface area contributed by atoms with Crippen molar-refractivity contribution in [1.29, 1.82) is 0 Å². The molecule has 1 aromatic heterocycles. The molecule has 0 aliphatic rings. The van der Waals surface area contributed by atoms with E-state index in [0.717, 1.165) is 10.7 Å². The summed E-state index contributed by atoms with van der Waals surface area (Å²) in [6, 6.07) is 0. The molecule has 0 saturated carbocycles. The summed E-state index contributed by atoms with van der Waals surface area (Å²) in [7, 11) is 0. The number of halogens is 2. The molecule has 0 unspecified atom stereocenters. The van der Waals surface area contributed by atoms with E-state index in [-0.39, 0.29) is 36.3 Å². The number of aryl methyl sites for hydroxylation is 2. The standard InChI is InChI=1S/C10H17N3OS.2ClH/c1-6-8(15-7(2)12-6)9(14)13-10(3,4)5-11;;/h5,11H2,1-4H3,(H,13,14);2*1H. The zero-order valence-corrected chi connectivity index (χ0v) is 12.8. The summed E-state index contributed by atoms with van der Waals surface area (Å²) in [4.78, 5) is 16.7. The number of nitrogens with two attached hydrogens (primary N) is 1. The summed E-state index contributed by atoms with van der Waals surface area (Å²) in [6.07, 6.45) is 0. The van der Waals surface area contributed by atoms with Gasteiger partial charge in [-0.2, -0.15) is 0 Å². The summed E-state index contributed by atoms with van der Waals surface area (Å²) in [5.41, 5.74) is 5.96. The molecule has 1 rings (SSSR count). The van der Waals surface area contributed by atoms with Crippen molar-refractivity contribution in [3.63, 3.8) is 0 Å². The highest BCUT2D eigenvalue weighted by Crippen LogP contribution is 2.17. The summed E-state index contributed by atoms with van der Waals surface area (Å²) in [6.45, 7) is 7.94. The van der Waals surface area contributed by atoms with Crippen LogP contribution >= 0.6 is 36.2 Å². The van der Waals surface area contributed by atoms with E-state index in [1.54, 1.807) is 0 Å². The van der Waals surface area contributed by atoms with E-state index >= 15 is 0 Å². The van der Waals surface area contributed by atoms with Gasteiger partial charge in [0.1, 0.15) is 4.88 Å². The fourth-order valence-corrected chi connectivity index (χ4v) is 1.97. The number of nitrogens with one attached hydrogen (secondary N) is 1. The lowest BCUT2D eigenvalue weighted by molar-refractivity contribution is 0.0919. The third kappa shape index (κ3) is 5.21. The number of aromatic nitrogens is 1. The van der Waals surface area contributed by atoms with Gasteiger partial charge in [0.15, 0.2) is 0 Å². The highest BCUT2D eigenvalue weighted by Gasteiger charge is 2.21. The molecular weight excluding hydrogens is 281 g/mol. The van der Waals surface area contributed by atoms with Gasteiger partial charge in [-0.05, 0) is 27.7 Å². The van der Waals surface area contributed by atoms with Gasteiger partial charge < -0.3 is 11.1 Å². The number of thiazole rings is 1. The topological polar surface area (TPSA) is 68.0 Å². The second-order valence-electron chi connectivity index (χ2n) is 4.19. The Hall–Kier alpha value is -0.360. The van der Waals surface area contributed by atoms with Crippen molar-refractivity contribution in [2.24, 2.45) is 5.73 Å². The average molecular weight is 300 g/mol. The van der Waals surface area contributed by atoms with Crippen molar-refractivity contribution in [2.75, 3.05) is 6.54 Å². The first kappa shape index (κ1) is 19.0. The number of carbonyl (C=O) groups is 1. The normalized spacial score (nSPS) is 10.2. The van der Waals surface area contributed by atoms with Crippen molar-refractivity contribution < 1.29 is 4.79 Å². The number of carbonyl (C=O) groups excluding carboxylic acids is 1. The lowest BCUT2D eigenvalue weighted by Crippen LogP contribution is -2.48. The van der Waals surface area contributed by atoms with Gasteiger partial charge in [0.25, 0.3) is 5.91 Å². The molecule has 0 bridgehead atoms. The molecule has 1 heterocycles. The first-order valence-corrected chi connectivity index (χ1v) is 5.64. The smallest absolute Gasteiger partial charge is 0.263 e. The largest absolute Gasteiger partial charge is 0.345 e. The molecule has 7 heteroatoms. The van der Waals surface area contributed by atoms with Crippen molar-refractivity contribution in [3.8, 4) is 0 Å². The fourth-order valence-electron chi connectivity index (χ4n) is 1.16. The SMILES string of the molecule is Cc1nc(C)c(C(=O)NC(C)(C)CN)s1.Cl.Cl. The lowest BCUT2D eigenvalue weighted by Gasteiger charge is -2.23. The van der Waals surface area contributed by atoms with Crippen LogP contribution in [0.2, 0.25) is 0 Å². The van der Waals surface area contributed by atoms with Gasteiger partial charge in [0, 0.05) is 12.1 Å². The molecule has 0 radical (unpaired) electrons. The molecule has 0 fully saturated rings. The van der Waals surface area contributed by atoms with Crippen LogP contribution in [0.4, 0.5) is 0 Å². The molecule has 3 N–H and O–H groups in total. The van der Waals surface area contributed by atoms with Gasteiger partial charge in [-0.1, -0.05) is 0 Å². The van der Waals surface area contributed by atoms with Gasteiger partial charge in [0.05, 0.1) is 10.7 Å². The Morgan fingerprint density at radius 2 is 1.94 bits per heavy atom. The maximum absolute atomic E-state index is 11.9. The van der Waals surface area contributed by atoms with E-state index in [1.165, 1.54) is 11.3 Å². The molecule has 100 valence electrons. The molecule has 0 saturated heterocycles. The van der Waals surface area contributed by atoms with Crippen LogP contribution in [-0.4, -0.2) is 23.0 Å². The van der Waals surface area contributed by atoms with Crippen LogP contribution in [0.1, 0.15) is 34.2 Å². The zero-order chi connectivity index (χ0) is 11.6.